The number of hydrogen-bond acceptors (Lipinski definition) is 3. The Morgan fingerprint density at radius 2 is 2.08 bits per heavy atom. The summed E-state index contributed by atoms with van der Waals surface area (Å²) < 4.78 is 1.72. The van der Waals surface area contributed by atoms with Gasteiger partial charge in [0.1, 0.15) is 12.1 Å². The number of aliphatic hydroxyl groups excluding tert-OH is 1. The first-order valence-electron chi connectivity index (χ1n) is 3.55. The Morgan fingerprint density at radius 1 is 1.46 bits per heavy atom. The molecule has 0 bridgehead atoms. The van der Waals surface area contributed by atoms with E-state index in [0.29, 0.717) is 5.56 Å². The van der Waals surface area contributed by atoms with Crippen LogP contribution in [0.3, 0.4) is 0 Å². The molecule has 0 atom stereocenters. The number of aliphatic hydroxyl groups is 1. The van der Waals surface area contributed by atoms with Crippen LogP contribution in [0, 0.1) is 22.7 Å². The van der Waals surface area contributed by atoms with E-state index in [4.69, 9.17) is 10.5 Å². The molecule has 0 unspecified atom stereocenters. The van der Waals surface area contributed by atoms with Crippen molar-refractivity contribution in [3.63, 3.8) is 0 Å². The van der Waals surface area contributed by atoms with E-state index in [0.717, 1.165) is 0 Å². The fourth-order valence-electron chi connectivity index (χ4n) is 0.919. The zero-order chi connectivity index (χ0) is 9.84. The molecule has 1 N–H and O–H groups in total. The predicted molar refractivity (Wildman–Crippen MR) is 46.2 cm³/mol. The summed E-state index contributed by atoms with van der Waals surface area (Å²) in [7, 11) is 1.79. The second-order valence-electron chi connectivity index (χ2n) is 2.51. The van der Waals surface area contributed by atoms with Crippen LogP contribution in [0.15, 0.2) is 24.0 Å². The Kier molecular flexibility index (Phi) is 2.37. The second kappa shape index (κ2) is 3.46. The summed E-state index contributed by atoms with van der Waals surface area (Å²) in [5.41, 5.74) is 0.201. The maximum absolute atomic E-state index is 9.41. The molecule has 0 saturated carbocycles. The van der Waals surface area contributed by atoms with Crippen molar-refractivity contribution in [3.05, 3.63) is 29.6 Å². The topological polar surface area (TPSA) is 72.7 Å². The van der Waals surface area contributed by atoms with E-state index in [-0.39, 0.29) is 11.3 Å². The minimum Gasteiger partial charge on any atom is -0.505 e. The lowest BCUT2D eigenvalue weighted by atomic mass is 10.2. The molecule has 1 aromatic heterocycles. The fourth-order valence-corrected chi connectivity index (χ4v) is 0.919. The third-order valence-corrected chi connectivity index (χ3v) is 1.57. The average molecular weight is 173 g/mol. The van der Waals surface area contributed by atoms with Crippen LogP contribution in [0.1, 0.15) is 5.56 Å². The van der Waals surface area contributed by atoms with Gasteiger partial charge in [0.15, 0.2) is 11.3 Å². The second-order valence-corrected chi connectivity index (χ2v) is 2.51. The zero-order valence-corrected chi connectivity index (χ0v) is 7.02. The highest BCUT2D eigenvalue weighted by molar-refractivity contribution is 5.68. The standard InChI is InChI=1S/C9H7N3O/c1-12-3-2-7(6-12)9(13)8(4-10)5-11/h2-3,6,13H,1H3. The zero-order valence-electron chi connectivity index (χ0n) is 7.02. The Labute approximate surface area is 75.6 Å². The molecule has 0 saturated heterocycles. The molecule has 1 heterocycles. The van der Waals surface area contributed by atoms with Gasteiger partial charge in [0.25, 0.3) is 0 Å². The number of rotatable bonds is 1. The van der Waals surface area contributed by atoms with Crippen molar-refractivity contribution < 1.29 is 5.11 Å². The van der Waals surface area contributed by atoms with E-state index < -0.39 is 0 Å². The van der Waals surface area contributed by atoms with Gasteiger partial charge in [0.05, 0.1) is 0 Å². The first-order valence-corrected chi connectivity index (χ1v) is 3.55. The van der Waals surface area contributed by atoms with Crippen molar-refractivity contribution in [1.29, 1.82) is 10.5 Å². The van der Waals surface area contributed by atoms with Gasteiger partial charge in [0.2, 0.25) is 0 Å². The number of nitriles is 2. The summed E-state index contributed by atoms with van der Waals surface area (Å²) in [4.78, 5) is 0. The number of allylic oxidation sites excluding steroid dienone is 1. The molecule has 4 heteroatoms. The van der Waals surface area contributed by atoms with Gasteiger partial charge >= 0.3 is 0 Å². The molecule has 13 heavy (non-hydrogen) atoms. The predicted octanol–water partition coefficient (Wildman–Crippen LogP) is 1.34. The number of aromatic nitrogens is 1. The normalized spacial score (nSPS) is 8.54. The summed E-state index contributed by atoms with van der Waals surface area (Å²) in [5.74, 6) is -0.273. The van der Waals surface area contributed by atoms with Crippen molar-refractivity contribution in [2.24, 2.45) is 7.05 Å². The number of nitrogens with zero attached hydrogens (tertiary/aromatic N) is 3. The van der Waals surface area contributed by atoms with Gasteiger partial charge in [-0.25, -0.2) is 0 Å². The third-order valence-electron chi connectivity index (χ3n) is 1.57. The van der Waals surface area contributed by atoms with Crippen LogP contribution in [0.4, 0.5) is 0 Å². The highest BCUT2D eigenvalue weighted by Crippen LogP contribution is 2.14. The monoisotopic (exact) mass is 173 g/mol. The smallest absolute Gasteiger partial charge is 0.171 e. The van der Waals surface area contributed by atoms with Crippen LogP contribution < -0.4 is 0 Å². The minimum atomic E-state index is -0.273. The first kappa shape index (κ1) is 8.89. The van der Waals surface area contributed by atoms with E-state index in [1.165, 1.54) is 0 Å². The molecule has 0 spiro atoms. The highest BCUT2D eigenvalue weighted by atomic mass is 16.3. The fraction of sp³-hybridized carbons (Fsp3) is 0.111. The molecule has 64 valence electrons. The maximum atomic E-state index is 9.41. The lowest BCUT2D eigenvalue weighted by Gasteiger charge is -1.93. The molecule has 0 amide bonds. The molecule has 0 aliphatic heterocycles. The molecule has 0 aliphatic carbocycles. The van der Waals surface area contributed by atoms with Crippen LogP contribution in [-0.2, 0) is 7.05 Å². The quantitative estimate of drug-likeness (QED) is 0.514. The highest BCUT2D eigenvalue weighted by Gasteiger charge is 2.07. The molecular formula is C9H7N3O. The maximum Gasteiger partial charge on any atom is 0.171 e. The lowest BCUT2D eigenvalue weighted by Crippen LogP contribution is -1.86. The number of aryl methyl sites for hydroxylation is 1. The summed E-state index contributed by atoms with van der Waals surface area (Å²) in [5, 5.41) is 26.3. The van der Waals surface area contributed by atoms with E-state index in [2.05, 4.69) is 0 Å². The SMILES string of the molecule is Cn1ccc(C(O)=C(C#N)C#N)c1. The summed E-state index contributed by atoms with van der Waals surface area (Å²) in [6, 6.07) is 4.87. The van der Waals surface area contributed by atoms with Crippen molar-refractivity contribution in [3.8, 4) is 12.1 Å². The molecule has 1 rings (SSSR count). The summed E-state index contributed by atoms with van der Waals surface area (Å²) in [6.07, 6.45) is 3.35. The molecule has 0 aromatic carbocycles. The van der Waals surface area contributed by atoms with Gasteiger partial charge in [-0.2, -0.15) is 10.5 Å². The van der Waals surface area contributed by atoms with Gasteiger partial charge in [-0.15, -0.1) is 0 Å². The van der Waals surface area contributed by atoms with Gasteiger partial charge in [-0.1, -0.05) is 0 Å². The van der Waals surface area contributed by atoms with Gasteiger partial charge < -0.3 is 9.67 Å². The van der Waals surface area contributed by atoms with Crippen LogP contribution in [-0.4, -0.2) is 9.67 Å². The molecule has 0 aliphatic rings. The Balaban J connectivity index is 3.19. The van der Waals surface area contributed by atoms with Gasteiger partial charge in [0, 0.05) is 25.0 Å². The first-order chi connectivity index (χ1) is 6.19. The molecule has 0 fully saturated rings. The third kappa shape index (κ3) is 1.69. The van der Waals surface area contributed by atoms with Crippen LogP contribution in [0.25, 0.3) is 5.76 Å². The van der Waals surface area contributed by atoms with Crippen molar-refractivity contribution in [2.75, 3.05) is 0 Å². The molecule has 0 radical (unpaired) electrons. The summed E-state index contributed by atoms with van der Waals surface area (Å²) >= 11 is 0. The van der Waals surface area contributed by atoms with Crippen molar-refractivity contribution >= 4 is 5.76 Å². The van der Waals surface area contributed by atoms with Crippen molar-refractivity contribution in [2.45, 2.75) is 0 Å². The largest absolute Gasteiger partial charge is 0.505 e. The lowest BCUT2D eigenvalue weighted by molar-refractivity contribution is 0.510. The van der Waals surface area contributed by atoms with Crippen LogP contribution >= 0.6 is 0 Å². The van der Waals surface area contributed by atoms with E-state index in [9.17, 15) is 5.11 Å². The summed E-state index contributed by atoms with van der Waals surface area (Å²) in [6.45, 7) is 0. The Bertz CT molecular complexity index is 412. The Morgan fingerprint density at radius 3 is 2.46 bits per heavy atom. The molecular weight excluding hydrogens is 166 g/mol. The molecule has 4 nitrogen and oxygen atoms in total. The average Bonchev–Trinajstić information content (AvgIpc) is 2.54. The Hall–Kier alpha value is -2.20. The van der Waals surface area contributed by atoms with Gasteiger partial charge in [-0.3, -0.25) is 0 Å². The van der Waals surface area contributed by atoms with Crippen LogP contribution in [0.5, 0.6) is 0 Å². The number of hydrogen-bond donors (Lipinski definition) is 1. The van der Waals surface area contributed by atoms with E-state index in [1.807, 2.05) is 0 Å². The minimum absolute atomic E-state index is 0.272. The van der Waals surface area contributed by atoms with E-state index in [1.54, 1.807) is 42.2 Å². The van der Waals surface area contributed by atoms with Crippen molar-refractivity contribution in [1.82, 2.24) is 4.57 Å². The van der Waals surface area contributed by atoms with E-state index >= 15 is 0 Å². The van der Waals surface area contributed by atoms with Gasteiger partial charge in [-0.05, 0) is 6.07 Å². The van der Waals surface area contributed by atoms with Crippen LogP contribution in [0.2, 0.25) is 0 Å². The molecule has 1 aromatic rings.